The summed E-state index contributed by atoms with van der Waals surface area (Å²) in [4.78, 5) is 12.4. The van der Waals surface area contributed by atoms with Crippen LogP contribution in [0.4, 0.5) is 0 Å². The number of halogens is 2. The van der Waals surface area contributed by atoms with Gasteiger partial charge in [-0.1, -0.05) is 53.5 Å². The zero-order valence-corrected chi connectivity index (χ0v) is 16.6. The molecule has 0 bridgehead atoms. The van der Waals surface area contributed by atoms with Crippen LogP contribution < -0.4 is 5.32 Å². The summed E-state index contributed by atoms with van der Waals surface area (Å²) in [5, 5.41) is 2.81. The molecule has 3 rings (SSSR count). The summed E-state index contributed by atoms with van der Waals surface area (Å²) >= 11 is 12.3. The van der Waals surface area contributed by atoms with E-state index in [2.05, 4.69) is 5.32 Å². The fourth-order valence-electron chi connectivity index (χ4n) is 2.70. The zero-order chi connectivity index (χ0) is 19.4. The Morgan fingerprint density at radius 2 is 1.74 bits per heavy atom. The van der Waals surface area contributed by atoms with Crippen LogP contribution in [-0.4, -0.2) is 44.9 Å². The molecule has 0 unspecified atom stereocenters. The van der Waals surface area contributed by atoms with E-state index in [1.54, 1.807) is 0 Å². The molecule has 1 fully saturated rings. The van der Waals surface area contributed by atoms with Crippen LogP contribution in [0, 0.1) is 0 Å². The molecule has 9 heteroatoms. The summed E-state index contributed by atoms with van der Waals surface area (Å²) in [5.41, 5.74) is 0.973. The third kappa shape index (κ3) is 4.62. The Bertz CT molecular complexity index is 930. The fraction of sp³-hybridized carbons (Fsp3) is 0.278. The Balaban J connectivity index is 1.86. The summed E-state index contributed by atoms with van der Waals surface area (Å²) in [7, 11) is -3.85. The van der Waals surface area contributed by atoms with Crippen molar-refractivity contribution >= 4 is 39.1 Å². The van der Waals surface area contributed by atoms with Crippen molar-refractivity contribution < 1.29 is 17.9 Å². The van der Waals surface area contributed by atoms with Crippen molar-refractivity contribution in [2.75, 3.05) is 26.3 Å². The summed E-state index contributed by atoms with van der Waals surface area (Å²) in [5.74, 6) is -0.473. The number of nitrogens with zero attached hydrogens (tertiary/aromatic N) is 1. The Kier molecular flexibility index (Phi) is 6.39. The average Bonchev–Trinajstić information content (AvgIpc) is 2.67. The molecule has 27 heavy (non-hydrogen) atoms. The third-order valence-corrected chi connectivity index (χ3v) is 6.83. The molecule has 0 atom stereocenters. The molecule has 1 heterocycles. The highest BCUT2D eigenvalue weighted by atomic mass is 35.5. The second kappa shape index (κ2) is 8.58. The highest BCUT2D eigenvalue weighted by molar-refractivity contribution is 7.89. The van der Waals surface area contributed by atoms with E-state index < -0.39 is 15.9 Å². The largest absolute Gasteiger partial charge is 0.379 e. The van der Waals surface area contributed by atoms with Crippen LogP contribution in [0.3, 0.4) is 0 Å². The quantitative estimate of drug-likeness (QED) is 0.793. The molecule has 144 valence electrons. The van der Waals surface area contributed by atoms with Crippen LogP contribution in [0.25, 0.3) is 0 Å². The van der Waals surface area contributed by atoms with Crippen molar-refractivity contribution in [3.05, 3.63) is 63.6 Å². The zero-order valence-electron chi connectivity index (χ0n) is 14.3. The van der Waals surface area contributed by atoms with Gasteiger partial charge in [-0.05, 0) is 17.7 Å². The number of amides is 1. The van der Waals surface area contributed by atoms with Crippen molar-refractivity contribution in [2.24, 2.45) is 0 Å². The molecular formula is C18H18Cl2N2O4S. The summed E-state index contributed by atoms with van der Waals surface area (Å²) in [6.45, 7) is 1.39. The van der Waals surface area contributed by atoms with Crippen LogP contribution >= 0.6 is 23.2 Å². The van der Waals surface area contributed by atoms with E-state index in [0.717, 1.165) is 5.56 Å². The van der Waals surface area contributed by atoms with Gasteiger partial charge < -0.3 is 10.1 Å². The van der Waals surface area contributed by atoms with Gasteiger partial charge in [0.2, 0.25) is 10.0 Å². The lowest BCUT2D eigenvalue weighted by molar-refractivity contribution is 0.0730. The SMILES string of the molecule is O=C(NCc1ccccc1)c1cc(S(=O)(=O)N2CCOCC2)c(Cl)cc1Cl. The van der Waals surface area contributed by atoms with Crippen LogP contribution in [0.2, 0.25) is 10.0 Å². The topological polar surface area (TPSA) is 75.7 Å². The Morgan fingerprint density at radius 1 is 1.07 bits per heavy atom. The van der Waals surface area contributed by atoms with Gasteiger partial charge in [0.25, 0.3) is 5.91 Å². The number of benzene rings is 2. The predicted molar refractivity (Wildman–Crippen MR) is 104 cm³/mol. The molecule has 0 saturated carbocycles. The monoisotopic (exact) mass is 428 g/mol. The molecular weight excluding hydrogens is 411 g/mol. The summed E-state index contributed by atoms with van der Waals surface area (Å²) in [6, 6.07) is 11.9. The van der Waals surface area contributed by atoms with Gasteiger partial charge in [-0.2, -0.15) is 4.31 Å². The second-order valence-electron chi connectivity index (χ2n) is 5.95. The van der Waals surface area contributed by atoms with Crippen molar-refractivity contribution in [1.82, 2.24) is 9.62 Å². The predicted octanol–water partition coefficient (Wildman–Crippen LogP) is 2.94. The number of sulfonamides is 1. The van der Waals surface area contributed by atoms with E-state index in [0.29, 0.717) is 19.8 Å². The Labute approximate surface area is 168 Å². The first-order chi connectivity index (χ1) is 12.9. The number of hydrogen-bond donors (Lipinski definition) is 1. The number of nitrogens with one attached hydrogen (secondary N) is 1. The molecule has 0 spiro atoms. The summed E-state index contributed by atoms with van der Waals surface area (Å²) in [6.07, 6.45) is 0. The molecule has 1 aliphatic rings. The van der Waals surface area contributed by atoms with Gasteiger partial charge in [0.1, 0.15) is 4.90 Å². The maximum Gasteiger partial charge on any atom is 0.253 e. The van der Waals surface area contributed by atoms with Crippen molar-refractivity contribution in [3.8, 4) is 0 Å². The van der Waals surface area contributed by atoms with Gasteiger partial charge >= 0.3 is 0 Å². The molecule has 1 amide bonds. The van der Waals surface area contributed by atoms with Gasteiger partial charge in [0.05, 0.1) is 28.8 Å². The van der Waals surface area contributed by atoms with Crippen LogP contribution in [-0.2, 0) is 21.3 Å². The van der Waals surface area contributed by atoms with Crippen LogP contribution in [0.15, 0.2) is 47.4 Å². The minimum absolute atomic E-state index is 0.0221. The lowest BCUT2D eigenvalue weighted by Crippen LogP contribution is -2.40. The van der Waals surface area contributed by atoms with E-state index in [9.17, 15) is 13.2 Å². The number of rotatable bonds is 5. The van der Waals surface area contributed by atoms with Gasteiger partial charge in [0.15, 0.2) is 0 Å². The van der Waals surface area contributed by atoms with Crippen LogP contribution in [0.1, 0.15) is 15.9 Å². The Hall–Kier alpha value is -1.64. The lowest BCUT2D eigenvalue weighted by atomic mass is 10.2. The molecule has 1 saturated heterocycles. The first-order valence-corrected chi connectivity index (χ1v) is 10.5. The maximum atomic E-state index is 12.9. The van der Waals surface area contributed by atoms with Gasteiger partial charge in [0, 0.05) is 19.6 Å². The number of hydrogen-bond acceptors (Lipinski definition) is 4. The lowest BCUT2D eigenvalue weighted by Gasteiger charge is -2.26. The molecule has 0 aromatic heterocycles. The smallest absolute Gasteiger partial charge is 0.253 e. The highest BCUT2D eigenvalue weighted by Crippen LogP contribution is 2.31. The van der Waals surface area contributed by atoms with E-state index in [4.69, 9.17) is 27.9 Å². The van der Waals surface area contributed by atoms with E-state index in [1.165, 1.54) is 16.4 Å². The number of carbonyl (C=O) groups is 1. The third-order valence-electron chi connectivity index (χ3n) is 4.15. The Morgan fingerprint density at radius 3 is 2.41 bits per heavy atom. The fourth-order valence-corrected chi connectivity index (χ4v) is 4.94. The second-order valence-corrected chi connectivity index (χ2v) is 8.67. The van der Waals surface area contributed by atoms with Crippen molar-refractivity contribution in [2.45, 2.75) is 11.4 Å². The molecule has 6 nitrogen and oxygen atoms in total. The molecule has 0 radical (unpaired) electrons. The minimum Gasteiger partial charge on any atom is -0.379 e. The normalized spacial score (nSPS) is 15.5. The molecule has 1 aliphatic heterocycles. The molecule has 0 aliphatic carbocycles. The standard InChI is InChI=1S/C18H18Cl2N2O4S/c19-15-11-16(20)17(27(24,25)22-6-8-26-9-7-22)10-14(15)18(23)21-12-13-4-2-1-3-5-13/h1-5,10-11H,6-9,12H2,(H,21,23). The number of morpholine rings is 1. The number of ether oxygens (including phenoxy) is 1. The van der Waals surface area contributed by atoms with Crippen molar-refractivity contribution in [1.29, 1.82) is 0 Å². The van der Waals surface area contributed by atoms with Gasteiger partial charge in [-0.25, -0.2) is 8.42 Å². The highest BCUT2D eigenvalue weighted by Gasteiger charge is 2.30. The maximum absolute atomic E-state index is 12.9. The van der Waals surface area contributed by atoms with Crippen LogP contribution in [0.5, 0.6) is 0 Å². The summed E-state index contributed by atoms with van der Waals surface area (Å²) < 4.78 is 32.2. The molecule has 2 aromatic rings. The van der Waals surface area contributed by atoms with Crippen molar-refractivity contribution in [3.63, 3.8) is 0 Å². The van der Waals surface area contributed by atoms with E-state index in [1.807, 2.05) is 30.3 Å². The van der Waals surface area contributed by atoms with E-state index in [-0.39, 0.29) is 33.6 Å². The first-order valence-electron chi connectivity index (χ1n) is 8.28. The number of carbonyl (C=O) groups excluding carboxylic acids is 1. The average molecular weight is 429 g/mol. The van der Waals surface area contributed by atoms with Gasteiger partial charge in [-0.15, -0.1) is 0 Å². The van der Waals surface area contributed by atoms with Gasteiger partial charge in [-0.3, -0.25) is 4.79 Å². The molecule has 1 N–H and O–H groups in total. The first kappa shape index (κ1) is 20.1. The minimum atomic E-state index is -3.85. The molecule has 2 aromatic carbocycles. The van der Waals surface area contributed by atoms with E-state index >= 15 is 0 Å².